The lowest BCUT2D eigenvalue weighted by molar-refractivity contribution is -0.129. The highest BCUT2D eigenvalue weighted by Crippen LogP contribution is 2.53. The Morgan fingerprint density at radius 1 is 1.17 bits per heavy atom. The Hall–Kier alpha value is -2.69. The SMILES string of the molecule is C=CC(=O)Oc1cccc(N2C(=O)[C@@H]3[C@H](C2=O)[C@@H]2C=C[C@@H]3C2)c1. The van der Waals surface area contributed by atoms with Crippen LogP contribution in [0.5, 0.6) is 5.75 Å². The summed E-state index contributed by atoms with van der Waals surface area (Å²) in [6, 6.07) is 6.47. The molecule has 0 unspecified atom stereocenters. The van der Waals surface area contributed by atoms with Crippen LogP contribution < -0.4 is 9.64 Å². The molecule has 2 bridgehead atoms. The molecule has 0 spiro atoms. The van der Waals surface area contributed by atoms with Crippen LogP contribution in [0.3, 0.4) is 0 Å². The van der Waals surface area contributed by atoms with Gasteiger partial charge in [0, 0.05) is 12.1 Å². The van der Waals surface area contributed by atoms with Crippen molar-refractivity contribution in [2.45, 2.75) is 6.42 Å². The number of fused-ring (bicyclic) bond motifs is 5. The van der Waals surface area contributed by atoms with E-state index in [2.05, 4.69) is 18.7 Å². The van der Waals surface area contributed by atoms with Crippen LogP contribution in [-0.2, 0) is 14.4 Å². The molecule has 2 aliphatic carbocycles. The Balaban J connectivity index is 1.65. The third-order valence-electron chi connectivity index (χ3n) is 4.93. The van der Waals surface area contributed by atoms with E-state index in [9.17, 15) is 14.4 Å². The lowest BCUT2D eigenvalue weighted by Gasteiger charge is -2.17. The van der Waals surface area contributed by atoms with E-state index in [0.29, 0.717) is 5.69 Å². The summed E-state index contributed by atoms with van der Waals surface area (Å²) in [6.45, 7) is 3.34. The fourth-order valence-corrected chi connectivity index (χ4v) is 4.00. The maximum atomic E-state index is 12.7. The number of benzene rings is 1. The fourth-order valence-electron chi connectivity index (χ4n) is 4.00. The van der Waals surface area contributed by atoms with Crippen molar-refractivity contribution in [3.05, 3.63) is 49.1 Å². The summed E-state index contributed by atoms with van der Waals surface area (Å²) in [6.07, 6.45) is 6.08. The highest BCUT2D eigenvalue weighted by atomic mass is 16.5. The highest BCUT2D eigenvalue weighted by Gasteiger charge is 2.59. The Kier molecular flexibility index (Phi) is 2.98. The molecule has 4 rings (SSSR count). The number of amides is 2. The molecule has 1 heterocycles. The van der Waals surface area contributed by atoms with Crippen molar-refractivity contribution >= 4 is 23.5 Å². The Morgan fingerprint density at radius 3 is 2.43 bits per heavy atom. The van der Waals surface area contributed by atoms with E-state index in [4.69, 9.17) is 4.74 Å². The van der Waals surface area contributed by atoms with Crippen molar-refractivity contribution in [2.75, 3.05) is 4.90 Å². The van der Waals surface area contributed by atoms with Gasteiger partial charge in [-0.05, 0) is 30.4 Å². The van der Waals surface area contributed by atoms with Crippen molar-refractivity contribution in [2.24, 2.45) is 23.7 Å². The number of allylic oxidation sites excluding steroid dienone is 2. The average molecular weight is 309 g/mol. The van der Waals surface area contributed by atoms with Gasteiger partial charge in [0.25, 0.3) is 0 Å². The molecule has 23 heavy (non-hydrogen) atoms. The highest BCUT2D eigenvalue weighted by molar-refractivity contribution is 6.22. The number of imide groups is 1. The molecule has 1 aliphatic heterocycles. The summed E-state index contributed by atoms with van der Waals surface area (Å²) < 4.78 is 5.06. The number of nitrogens with zero attached hydrogens (tertiary/aromatic N) is 1. The monoisotopic (exact) mass is 309 g/mol. The molecule has 116 valence electrons. The van der Waals surface area contributed by atoms with E-state index in [1.54, 1.807) is 18.2 Å². The molecule has 5 heteroatoms. The second-order valence-corrected chi connectivity index (χ2v) is 6.13. The zero-order valence-corrected chi connectivity index (χ0v) is 12.3. The number of ether oxygens (including phenoxy) is 1. The maximum absolute atomic E-state index is 12.7. The van der Waals surface area contributed by atoms with E-state index < -0.39 is 5.97 Å². The largest absolute Gasteiger partial charge is 0.423 e. The topological polar surface area (TPSA) is 63.7 Å². The summed E-state index contributed by atoms with van der Waals surface area (Å²) in [4.78, 5) is 38.0. The van der Waals surface area contributed by atoms with Gasteiger partial charge in [-0.15, -0.1) is 0 Å². The minimum absolute atomic E-state index is 0.149. The van der Waals surface area contributed by atoms with Crippen LogP contribution in [0.15, 0.2) is 49.1 Å². The first-order chi connectivity index (χ1) is 11.1. The number of hydrogen-bond acceptors (Lipinski definition) is 4. The minimum Gasteiger partial charge on any atom is -0.423 e. The van der Waals surface area contributed by atoms with E-state index in [1.165, 1.54) is 11.0 Å². The molecule has 2 amide bonds. The lowest BCUT2D eigenvalue weighted by Crippen LogP contribution is -2.32. The molecule has 0 aromatic heterocycles. The predicted octanol–water partition coefficient (Wildman–Crippen LogP) is 2.09. The van der Waals surface area contributed by atoms with Gasteiger partial charge in [-0.2, -0.15) is 0 Å². The first-order valence-electron chi connectivity index (χ1n) is 7.60. The molecule has 5 nitrogen and oxygen atoms in total. The zero-order valence-electron chi connectivity index (χ0n) is 12.3. The Labute approximate surface area is 133 Å². The predicted molar refractivity (Wildman–Crippen MR) is 82.5 cm³/mol. The first kappa shape index (κ1) is 13.9. The van der Waals surface area contributed by atoms with Crippen LogP contribution in [0.25, 0.3) is 0 Å². The molecule has 1 aromatic carbocycles. The maximum Gasteiger partial charge on any atom is 0.335 e. The van der Waals surface area contributed by atoms with Gasteiger partial charge in [-0.25, -0.2) is 9.69 Å². The van der Waals surface area contributed by atoms with Crippen LogP contribution in [0.4, 0.5) is 5.69 Å². The summed E-state index contributed by atoms with van der Waals surface area (Å²) in [5.41, 5.74) is 0.447. The fraction of sp³-hybridized carbons (Fsp3) is 0.278. The lowest BCUT2D eigenvalue weighted by atomic mass is 9.85. The van der Waals surface area contributed by atoms with Gasteiger partial charge in [-0.3, -0.25) is 9.59 Å². The van der Waals surface area contributed by atoms with Gasteiger partial charge in [0.05, 0.1) is 17.5 Å². The number of anilines is 1. The Bertz CT molecular complexity index is 736. The smallest absolute Gasteiger partial charge is 0.335 e. The van der Waals surface area contributed by atoms with Crippen molar-refractivity contribution in [1.29, 1.82) is 0 Å². The molecule has 0 radical (unpaired) electrons. The number of esters is 1. The van der Waals surface area contributed by atoms with Crippen LogP contribution in [0, 0.1) is 23.7 Å². The van der Waals surface area contributed by atoms with Crippen molar-refractivity contribution in [3.63, 3.8) is 0 Å². The van der Waals surface area contributed by atoms with E-state index in [1.807, 2.05) is 0 Å². The number of carbonyl (C=O) groups excluding carboxylic acids is 3. The molecule has 1 aromatic rings. The van der Waals surface area contributed by atoms with Gasteiger partial charge in [-0.1, -0.05) is 24.8 Å². The van der Waals surface area contributed by atoms with Gasteiger partial charge in [0.15, 0.2) is 0 Å². The van der Waals surface area contributed by atoms with Gasteiger partial charge in [0.1, 0.15) is 5.75 Å². The third kappa shape index (κ3) is 1.96. The summed E-state index contributed by atoms with van der Waals surface area (Å²) in [5, 5.41) is 0. The number of carbonyl (C=O) groups is 3. The van der Waals surface area contributed by atoms with Crippen molar-refractivity contribution in [3.8, 4) is 5.75 Å². The van der Waals surface area contributed by atoms with E-state index in [-0.39, 0.29) is 41.2 Å². The second-order valence-electron chi connectivity index (χ2n) is 6.13. The molecule has 1 saturated heterocycles. The quantitative estimate of drug-likeness (QED) is 0.282. The summed E-state index contributed by atoms with van der Waals surface area (Å²) >= 11 is 0. The molecular formula is C18H15NO4. The minimum atomic E-state index is -0.583. The van der Waals surface area contributed by atoms with Crippen LogP contribution >= 0.6 is 0 Å². The standard InChI is InChI=1S/C18H15NO4/c1-2-14(20)23-13-5-3-4-12(9-13)19-17(21)15-10-6-7-11(8-10)16(15)18(19)22/h2-7,9-11,15-16H,1,8H2/t10-,11-,15-,16+/m1/s1. The van der Waals surface area contributed by atoms with Crippen LogP contribution in [0.1, 0.15) is 6.42 Å². The summed E-state index contributed by atoms with van der Waals surface area (Å²) in [7, 11) is 0. The van der Waals surface area contributed by atoms with Gasteiger partial charge >= 0.3 is 5.97 Å². The van der Waals surface area contributed by atoms with E-state index >= 15 is 0 Å². The van der Waals surface area contributed by atoms with Crippen LogP contribution in [-0.4, -0.2) is 17.8 Å². The molecule has 1 saturated carbocycles. The number of rotatable bonds is 3. The third-order valence-corrected chi connectivity index (χ3v) is 4.93. The summed E-state index contributed by atoms with van der Waals surface area (Å²) in [5.74, 6) is -0.727. The second kappa shape index (κ2) is 4.91. The van der Waals surface area contributed by atoms with Gasteiger partial charge in [0.2, 0.25) is 11.8 Å². The van der Waals surface area contributed by atoms with Crippen molar-refractivity contribution < 1.29 is 19.1 Å². The molecule has 2 fully saturated rings. The average Bonchev–Trinajstić information content (AvgIpc) is 3.21. The molecule has 3 aliphatic rings. The molecule has 0 N–H and O–H groups in total. The molecule has 4 atom stereocenters. The number of hydrogen-bond donors (Lipinski definition) is 0. The zero-order chi connectivity index (χ0) is 16.1. The van der Waals surface area contributed by atoms with Crippen molar-refractivity contribution in [1.82, 2.24) is 0 Å². The molecular weight excluding hydrogens is 294 g/mol. The van der Waals surface area contributed by atoms with Crippen LogP contribution in [0.2, 0.25) is 0 Å². The Morgan fingerprint density at radius 2 is 1.83 bits per heavy atom. The first-order valence-corrected chi connectivity index (χ1v) is 7.60. The van der Waals surface area contributed by atoms with Gasteiger partial charge < -0.3 is 4.74 Å². The normalized spacial score (nSPS) is 30.7. The van der Waals surface area contributed by atoms with E-state index in [0.717, 1.165) is 12.5 Å².